The zero-order valence-corrected chi connectivity index (χ0v) is 20.6. The molecule has 5 rings (SSSR count). The SMILES string of the molecule is CCOc1ccc(NC(=O)c2ccc(Cn3c(=S)[nH]c4c([nH]c5ccc(OC)cc54)c3=O)cc2)cc1. The van der Waals surface area contributed by atoms with Crippen molar-refractivity contribution in [2.45, 2.75) is 13.5 Å². The number of nitrogens with zero attached hydrogens (tertiary/aromatic N) is 1. The van der Waals surface area contributed by atoms with Gasteiger partial charge in [0.1, 0.15) is 17.0 Å². The number of amides is 1. The van der Waals surface area contributed by atoms with Gasteiger partial charge >= 0.3 is 0 Å². The zero-order valence-electron chi connectivity index (χ0n) is 19.8. The van der Waals surface area contributed by atoms with Gasteiger partial charge in [-0.05, 0) is 79.3 Å². The maximum atomic E-state index is 13.3. The second kappa shape index (κ2) is 9.71. The first kappa shape index (κ1) is 23.4. The van der Waals surface area contributed by atoms with Gasteiger partial charge in [-0.1, -0.05) is 12.1 Å². The van der Waals surface area contributed by atoms with E-state index in [0.29, 0.717) is 39.4 Å². The Morgan fingerprint density at radius 1 is 0.972 bits per heavy atom. The van der Waals surface area contributed by atoms with Gasteiger partial charge < -0.3 is 24.8 Å². The fourth-order valence-electron chi connectivity index (χ4n) is 4.08. The fourth-order valence-corrected chi connectivity index (χ4v) is 4.33. The molecule has 0 aliphatic heterocycles. The summed E-state index contributed by atoms with van der Waals surface area (Å²) < 4.78 is 12.5. The standard InChI is InChI=1S/C27H24N4O4S/c1-3-35-19-10-8-18(9-11-19)28-25(32)17-6-4-16(5-7-17)15-31-26(33)24-23(30-27(31)36)21-14-20(34-2)12-13-22(21)29-24/h4-14,29H,3,15H2,1-2H3,(H,28,32)(H,30,36). The van der Waals surface area contributed by atoms with Gasteiger partial charge in [-0.25, -0.2) is 0 Å². The van der Waals surface area contributed by atoms with Crippen molar-refractivity contribution >= 4 is 45.7 Å². The van der Waals surface area contributed by atoms with Gasteiger partial charge in [0.25, 0.3) is 11.5 Å². The predicted molar refractivity (Wildman–Crippen MR) is 143 cm³/mol. The average molecular weight is 501 g/mol. The molecule has 1 amide bonds. The number of ether oxygens (including phenoxy) is 2. The lowest BCUT2D eigenvalue weighted by atomic mass is 10.1. The molecule has 0 spiro atoms. The van der Waals surface area contributed by atoms with Crippen molar-refractivity contribution < 1.29 is 14.3 Å². The third kappa shape index (κ3) is 4.48. The van der Waals surface area contributed by atoms with Crippen molar-refractivity contribution in [1.29, 1.82) is 0 Å². The summed E-state index contributed by atoms with van der Waals surface area (Å²) >= 11 is 5.51. The maximum Gasteiger partial charge on any atom is 0.278 e. The lowest BCUT2D eigenvalue weighted by molar-refractivity contribution is 0.102. The van der Waals surface area contributed by atoms with Crippen LogP contribution in [0.4, 0.5) is 5.69 Å². The molecule has 2 aromatic heterocycles. The fraction of sp³-hybridized carbons (Fsp3) is 0.148. The van der Waals surface area contributed by atoms with E-state index < -0.39 is 0 Å². The molecule has 182 valence electrons. The number of rotatable bonds is 7. The van der Waals surface area contributed by atoms with Gasteiger partial charge in [0, 0.05) is 22.2 Å². The summed E-state index contributed by atoms with van der Waals surface area (Å²) in [4.78, 5) is 32.3. The molecule has 0 saturated heterocycles. The van der Waals surface area contributed by atoms with E-state index in [0.717, 1.165) is 22.2 Å². The van der Waals surface area contributed by atoms with Crippen LogP contribution < -0.4 is 20.3 Å². The van der Waals surface area contributed by atoms with Gasteiger partial charge in [0.05, 0.1) is 25.8 Å². The van der Waals surface area contributed by atoms with Gasteiger partial charge in [-0.2, -0.15) is 0 Å². The largest absolute Gasteiger partial charge is 0.497 e. The van der Waals surface area contributed by atoms with Crippen LogP contribution in [0.15, 0.2) is 71.5 Å². The van der Waals surface area contributed by atoms with E-state index in [-0.39, 0.29) is 18.0 Å². The Labute approximate surface area is 211 Å². The Morgan fingerprint density at radius 3 is 2.39 bits per heavy atom. The summed E-state index contributed by atoms with van der Waals surface area (Å²) in [5.74, 6) is 1.22. The first-order chi connectivity index (χ1) is 17.5. The maximum absolute atomic E-state index is 13.3. The molecular formula is C27H24N4O4S. The van der Waals surface area contributed by atoms with E-state index in [2.05, 4.69) is 15.3 Å². The van der Waals surface area contributed by atoms with Crippen molar-refractivity contribution in [2.75, 3.05) is 19.0 Å². The quantitative estimate of drug-likeness (QED) is 0.265. The van der Waals surface area contributed by atoms with Crippen LogP contribution in [0.25, 0.3) is 21.9 Å². The van der Waals surface area contributed by atoms with Crippen LogP contribution in [0.1, 0.15) is 22.8 Å². The van der Waals surface area contributed by atoms with Crippen LogP contribution in [0.5, 0.6) is 11.5 Å². The summed E-state index contributed by atoms with van der Waals surface area (Å²) in [7, 11) is 1.60. The number of hydrogen-bond donors (Lipinski definition) is 3. The molecule has 0 fully saturated rings. The van der Waals surface area contributed by atoms with E-state index in [1.54, 1.807) is 31.4 Å². The lowest BCUT2D eigenvalue weighted by Crippen LogP contribution is -2.22. The highest BCUT2D eigenvalue weighted by molar-refractivity contribution is 7.71. The number of benzene rings is 3. The smallest absolute Gasteiger partial charge is 0.278 e. The third-order valence-electron chi connectivity index (χ3n) is 5.92. The molecule has 3 N–H and O–H groups in total. The predicted octanol–water partition coefficient (Wildman–Crippen LogP) is 5.25. The Morgan fingerprint density at radius 2 is 1.69 bits per heavy atom. The number of methoxy groups -OCH3 is 1. The molecule has 0 bridgehead atoms. The Balaban J connectivity index is 1.37. The van der Waals surface area contributed by atoms with Crippen LogP contribution in [-0.4, -0.2) is 34.2 Å². The molecule has 0 atom stereocenters. The molecule has 5 aromatic rings. The number of aromatic amines is 2. The molecule has 0 unspecified atom stereocenters. The molecule has 0 aliphatic carbocycles. The van der Waals surface area contributed by atoms with Crippen molar-refractivity contribution in [2.24, 2.45) is 0 Å². The van der Waals surface area contributed by atoms with E-state index in [9.17, 15) is 9.59 Å². The topological polar surface area (TPSA) is 101 Å². The number of hydrogen-bond acceptors (Lipinski definition) is 5. The summed E-state index contributed by atoms with van der Waals surface area (Å²) in [6, 6.07) is 19.8. The minimum atomic E-state index is -0.227. The normalized spacial score (nSPS) is 11.1. The Bertz CT molecular complexity index is 1680. The summed E-state index contributed by atoms with van der Waals surface area (Å²) in [6.07, 6.45) is 0. The van der Waals surface area contributed by atoms with Gasteiger partial charge in [-0.15, -0.1) is 0 Å². The monoisotopic (exact) mass is 500 g/mol. The van der Waals surface area contributed by atoms with E-state index >= 15 is 0 Å². The Hall–Kier alpha value is -4.37. The molecule has 0 aliphatic rings. The number of fused-ring (bicyclic) bond motifs is 3. The highest BCUT2D eigenvalue weighted by atomic mass is 32.1. The van der Waals surface area contributed by atoms with Gasteiger partial charge in [0.2, 0.25) is 0 Å². The number of nitrogens with one attached hydrogen (secondary N) is 3. The number of anilines is 1. The van der Waals surface area contributed by atoms with Crippen LogP contribution in [0, 0.1) is 4.77 Å². The highest BCUT2D eigenvalue weighted by Gasteiger charge is 2.13. The number of carbonyl (C=O) groups is 1. The molecule has 0 saturated carbocycles. The van der Waals surface area contributed by atoms with Crippen molar-refractivity contribution in [3.8, 4) is 11.5 Å². The van der Waals surface area contributed by atoms with Crippen LogP contribution in [-0.2, 0) is 6.54 Å². The Kier molecular flexibility index (Phi) is 6.30. The average Bonchev–Trinajstić information content (AvgIpc) is 3.26. The minimum Gasteiger partial charge on any atom is -0.497 e. The van der Waals surface area contributed by atoms with E-state index in [1.165, 1.54) is 4.57 Å². The third-order valence-corrected chi connectivity index (χ3v) is 6.24. The molecule has 36 heavy (non-hydrogen) atoms. The van der Waals surface area contributed by atoms with E-state index in [1.807, 2.05) is 49.4 Å². The number of carbonyl (C=O) groups excluding carboxylic acids is 1. The van der Waals surface area contributed by atoms with Gasteiger partial charge in [0.15, 0.2) is 4.77 Å². The van der Waals surface area contributed by atoms with Crippen molar-refractivity contribution in [3.63, 3.8) is 0 Å². The second-order valence-corrected chi connectivity index (χ2v) is 8.60. The molecular weight excluding hydrogens is 476 g/mol. The molecule has 9 heteroatoms. The van der Waals surface area contributed by atoms with Gasteiger partial charge in [-0.3, -0.25) is 14.2 Å². The lowest BCUT2D eigenvalue weighted by Gasteiger charge is -2.09. The van der Waals surface area contributed by atoms with E-state index in [4.69, 9.17) is 21.7 Å². The van der Waals surface area contributed by atoms with Crippen molar-refractivity contribution in [1.82, 2.24) is 14.5 Å². The molecule has 8 nitrogen and oxygen atoms in total. The molecule has 2 heterocycles. The summed E-state index contributed by atoms with van der Waals surface area (Å²) in [5, 5.41) is 3.71. The van der Waals surface area contributed by atoms with Crippen LogP contribution in [0.3, 0.4) is 0 Å². The molecule has 0 radical (unpaired) electrons. The number of aromatic nitrogens is 3. The minimum absolute atomic E-state index is 0.221. The number of H-pyrrole nitrogens is 2. The van der Waals surface area contributed by atoms with Crippen LogP contribution >= 0.6 is 12.2 Å². The zero-order chi connectivity index (χ0) is 25.2. The summed E-state index contributed by atoms with van der Waals surface area (Å²) in [5.41, 5.74) is 3.70. The summed E-state index contributed by atoms with van der Waals surface area (Å²) in [6.45, 7) is 2.77. The highest BCUT2D eigenvalue weighted by Crippen LogP contribution is 2.26. The second-order valence-electron chi connectivity index (χ2n) is 8.22. The first-order valence-corrected chi connectivity index (χ1v) is 11.8. The van der Waals surface area contributed by atoms with Crippen molar-refractivity contribution in [3.05, 3.63) is 93.0 Å². The molecule has 3 aromatic carbocycles. The first-order valence-electron chi connectivity index (χ1n) is 11.4. The van der Waals surface area contributed by atoms with Crippen LogP contribution in [0.2, 0.25) is 0 Å².